The SMILES string of the molecule is CCc1ccc(C(C)c2cc(O)c([C@@H]3CC(=O)C4CC3C4(C)C)c(O)c2)cc1. The van der Waals surface area contributed by atoms with Gasteiger partial charge in [-0.25, -0.2) is 0 Å². The van der Waals surface area contributed by atoms with Crippen LogP contribution >= 0.6 is 0 Å². The predicted octanol–water partition coefficient (Wildman–Crippen LogP) is 5.53. The number of aromatic hydroxyl groups is 2. The summed E-state index contributed by atoms with van der Waals surface area (Å²) in [7, 11) is 0. The van der Waals surface area contributed by atoms with E-state index >= 15 is 0 Å². The minimum Gasteiger partial charge on any atom is -0.508 e. The van der Waals surface area contributed by atoms with Gasteiger partial charge in [-0.2, -0.15) is 0 Å². The molecule has 0 spiro atoms. The third-order valence-electron chi connectivity index (χ3n) is 7.56. The highest BCUT2D eigenvalue weighted by atomic mass is 16.3. The molecule has 0 amide bonds. The van der Waals surface area contributed by atoms with Crippen LogP contribution < -0.4 is 0 Å². The maximum absolute atomic E-state index is 12.5. The van der Waals surface area contributed by atoms with Crippen LogP contribution in [0.25, 0.3) is 0 Å². The van der Waals surface area contributed by atoms with Crippen molar-refractivity contribution >= 4 is 5.78 Å². The molecule has 28 heavy (non-hydrogen) atoms. The van der Waals surface area contributed by atoms with Crippen molar-refractivity contribution in [1.29, 1.82) is 0 Å². The smallest absolute Gasteiger partial charge is 0.137 e. The number of rotatable bonds is 4. The van der Waals surface area contributed by atoms with Crippen molar-refractivity contribution < 1.29 is 15.0 Å². The summed E-state index contributed by atoms with van der Waals surface area (Å²) >= 11 is 0. The van der Waals surface area contributed by atoms with Gasteiger partial charge in [-0.1, -0.05) is 52.0 Å². The van der Waals surface area contributed by atoms with Gasteiger partial charge in [0.2, 0.25) is 0 Å². The van der Waals surface area contributed by atoms with E-state index in [2.05, 4.69) is 52.0 Å². The van der Waals surface area contributed by atoms with Gasteiger partial charge in [0, 0.05) is 29.7 Å². The Hall–Kier alpha value is -2.29. The van der Waals surface area contributed by atoms with E-state index in [9.17, 15) is 15.0 Å². The molecule has 2 N–H and O–H groups in total. The molecule has 3 nitrogen and oxygen atoms in total. The summed E-state index contributed by atoms with van der Waals surface area (Å²) in [5, 5.41) is 21.6. The van der Waals surface area contributed by atoms with Gasteiger partial charge in [-0.3, -0.25) is 4.79 Å². The summed E-state index contributed by atoms with van der Waals surface area (Å²) in [4.78, 5) is 12.5. The monoisotopic (exact) mass is 378 g/mol. The highest BCUT2D eigenvalue weighted by Gasteiger charge is 2.59. The number of carbonyl (C=O) groups excluding carboxylic acids is 1. The van der Waals surface area contributed by atoms with Crippen LogP contribution in [0.3, 0.4) is 0 Å². The normalized spacial score (nSPS) is 26.6. The maximum Gasteiger partial charge on any atom is 0.137 e. The number of ketones is 1. The summed E-state index contributed by atoms with van der Waals surface area (Å²) in [6, 6.07) is 12.0. The number of Topliss-reactive ketones (excluding diaryl/α,β-unsaturated/α-hetero) is 1. The van der Waals surface area contributed by atoms with E-state index < -0.39 is 0 Å². The van der Waals surface area contributed by atoms with Crippen molar-refractivity contribution in [1.82, 2.24) is 0 Å². The highest BCUT2D eigenvalue weighted by Crippen LogP contribution is 2.64. The fourth-order valence-electron chi connectivity index (χ4n) is 5.50. The standard InChI is InChI=1S/C25H30O3/c1-5-15-6-8-16(9-7-15)14(2)17-10-22(27)24(23(28)11-17)18-12-21(26)20-13-19(18)25(20,3)4/h6-11,14,18-20,27-28H,5,12-13H2,1-4H3/t14?,18-,19?,20?/m1/s1. The molecule has 0 saturated heterocycles. The van der Waals surface area contributed by atoms with Crippen LogP contribution in [0.2, 0.25) is 0 Å². The lowest BCUT2D eigenvalue weighted by atomic mass is 9.44. The lowest BCUT2D eigenvalue weighted by molar-refractivity contribution is -0.151. The quantitative estimate of drug-likeness (QED) is 0.735. The molecule has 2 aromatic rings. The summed E-state index contributed by atoms with van der Waals surface area (Å²) in [5.41, 5.74) is 3.84. The minimum absolute atomic E-state index is 0.0497. The maximum atomic E-state index is 12.5. The van der Waals surface area contributed by atoms with Gasteiger partial charge in [0.15, 0.2) is 0 Å². The zero-order valence-electron chi connectivity index (χ0n) is 17.2. The van der Waals surface area contributed by atoms with Crippen molar-refractivity contribution in [3.8, 4) is 11.5 Å². The molecule has 3 aliphatic rings. The Labute approximate surface area is 167 Å². The molecule has 3 unspecified atom stereocenters. The summed E-state index contributed by atoms with van der Waals surface area (Å²) in [6.45, 7) is 8.49. The lowest BCUT2D eigenvalue weighted by Gasteiger charge is -2.59. The molecule has 2 bridgehead atoms. The van der Waals surface area contributed by atoms with E-state index in [1.54, 1.807) is 12.1 Å². The van der Waals surface area contributed by atoms with Crippen molar-refractivity contribution in [2.45, 2.75) is 58.8 Å². The topological polar surface area (TPSA) is 57.5 Å². The first kappa shape index (κ1) is 19.0. The number of aryl methyl sites for hydroxylation is 1. The Morgan fingerprint density at radius 2 is 1.68 bits per heavy atom. The van der Waals surface area contributed by atoms with Gasteiger partial charge in [-0.15, -0.1) is 0 Å². The average Bonchev–Trinajstić information content (AvgIpc) is 2.66. The number of phenolic OH excluding ortho intramolecular Hbond substituents is 2. The zero-order chi connectivity index (χ0) is 20.2. The molecule has 0 aromatic heterocycles. The number of benzene rings is 2. The van der Waals surface area contributed by atoms with Crippen LogP contribution in [-0.4, -0.2) is 16.0 Å². The molecule has 0 aliphatic heterocycles. The Morgan fingerprint density at radius 1 is 1.07 bits per heavy atom. The van der Waals surface area contributed by atoms with Crippen molar-refractivity contribution in [3.05, 3.63) is 58.7 Å². The van der Waals surface area contributed by atoms with Crippen LogP contribution in [0, 0.1) is 17.3 Å². The molecular weight excluding hydrogens is 348 g/mol. The van der Waals surface area contributed by atoms with E-state index in [4.69, 9.17) is 0 Å². The van der Waals surface area contributed by atoms with Gasteiger partial charge in [0.05, 0.1) is 0 Å². The summed E-state index contributed by atoms with van der Waals surface area (Å²) in [6.07, 6.45) is 2.30. The summed E-state index contributed by atoms with van der Waals surface area (Å²) < 4.78 is 0. The van der Waals surface area contributed by atoms with Gasteiger partial charge >= 0.3 is 0 Å². The Morgan fingerprint density at radius 3 is 2.18 bits per heavy atom. The third kappa shape index (κ3) is 2.83. The second-order valence-electron chi connectivity index (χ2n) is 9.28. The second-order valence-corrected chi connectivity index (χ2v) is 9.28. The second kappa shape index (κ2) is 6.65. The predicted molar refractivity (Wildman–Crippen MR) is 111 cm³/mol. The van der Waals surface area contributed by atoms with Crippen LogP contribution in [0.1, 0.15) is 74.6 Å². The highest BCUT2D eigenvalue weighted by molar-refractivity contribution is 5.86. The van der Waals surface area contributed by atoms with E-state index in [0.29, 0.717) is 17.9 Å². The molecule has 3 aliphatic carbocycles. The van der Waals surface area contributed by atoms with Gasteiger partial charge in [0.25, 0.3) is 0 Å². The molecule has 3 fully saturated rings. The van der Waals surface area contributed by atoms with Crippen molar-refractivity contribution in [2.24, 2.45) is 17.3 Å². The first-order valence-corrected chi connectivity index (χ1v) is 10.4. The Balaban J connectivity index is 1.66. The minimum atomic E-state index is -0.0966. The van der Waals surface area contributed by atoms with Crippen LogP contribution in [0.15, 0.2) is 36.4 Å². The van der Waals surface area contributed by atoms with Gasteiger partial charge in [0.1, 0.15) is 17.3 Å². The molecule has 3 saturated carbocycles. The van der Waals surface area contributed by atoms with Crippen LogP contribution in [0.5, 0.6) is 11.5 Å². The number of hydrogen-bond acceptors (Lipinski definition) is 3. The number of phenols is 2. The number of hydrogen-bond donors (Lipinski definition) is 2. The molecule has 5 rings (SSSR count). The van der Waals surface area contributed by atoms with Crippen molar-refractivity contribution in [2.75, 3.05) is 0 Å². The van der Waals surface area contributed by atoms with Crippen molar-refractivity contribution in [3.63, 3.8) is 0 Å². The molecule has 4 atom stereocenters. The third-order valence-corrected chi connectivity index (χ3v) is 7.56. The zero-order valence-corrected chi connectivity index (χ0v) is 17.2. The number of carbonyl (C=O) groups is 1. The molecule has 148 valence electrons. The Kier molecular flexibility index (Phi) is 4.52. The van der Waals surface area contributed by atoms with E-state index in [1.807, 2.05) is 0 Å². The van der Waals surface area contributed by atoms with Crippen LogP contribution in [-0.2, 0) is 11.2 Å². The fraction of sp³-hybridized carbons (Fsp3) is 0.480. The van der Waals surface area contributed by atoms with Gasteiger partial charge in [-0.05, 0) is 53.0 Å². The lowest BCUT2D eigenvalue weighted by Crippen LogP contribution is -2.56. The summed E-state index contributed by atoms with van der Waals surface area (Å²) in [5.74, 6) is 0.942. The number of fused-ring (bicyclic) bond motifs is 2. The van der Waals surface area contributed by atoms with E-state index in [-0.39, 0.29) is 40.5 Å². The molecular formula is C25H30O3. The molecule has 0 radical (unpaired) electrons. The molecule has 0 heterocycles. The van der Waals surface area contributed by atoms with Gasteiger partial charge < -0.3 is 10.2 Å². The average molecular weight is 379 g/mol. The first-order chi connectivity index (χ1) is 13.2. The largest absolute Gasteiger partial charge is 0.508 e. The van der Waals surface area contributed by atoms with Crippen LogP contribution in [0.4, 0.5) is 0 Å². The molecule has 3 heteroatoms. The van der Waals surface area contributed by atoms with E-state index in [0.717, 1.165) is 24.0 Å². The molecule has 2 aromatic carbocycles. The Bertz CT molecular complexity index is 887. The van der Waals surface area contributed by atoms with E-state index in [1.165, 1.54) is 5.56 Å². The fourth-order valence-corrected chi connectivity index (χ4v) is 5.50. The first-order valence-electron chi connectivity index (χ1n) is 10.4.